The lowest BCUT2D eigenvalue weighted by Gasteiger charge is -1.97. The van der Waals surface area contributed by atoms with Crippen molar-refractivity contribution < 1.29 is 9.46 Å². The number of hydrogen-bond donors (Lipinski definition) is 1. The van der Waals surface area contributed by atoms with Gasteiger partial charge in [-0.05, 0) is 4.57 Å². The fourth-order valence-corrected chi connectivity index (χ4v) is 1.38. The summed E-state index contributed by atoms with van der Waals surface area (Å²) in [5.74, 6) is 0. The molecular weight excluding hydrogens is 193 g/mol. The van der Waals surface area contributed by atoms with Crippen molar-refractivity contribution in [2.75, 3.05) is 6.16 Å². The highest BCUT2D eigenvalue weighted by molar-refractivity contribution is 7.38. The second-order valence-corrected chi connectivity index (χ2v) is 4.66. The Morgan fingerprint density at radius 2 is 1.88 bits per heavy atom. The lowest BCUT2D eigenvalue weighted by atomic mass is 10.9. The van der Waals surface area contributed by atoms with Gasteiger partial charge in [0, 0.05) is 0 Å². The molecule has 0 saturated carbocycles. The van der Waals surface area contributed by atoms with E-state index in [1.54, 1.807) is 0 Å². The van der Waals surface area contributed by atoms with Crippen LogP contribution in [0.3, 0.4) is 0 Å². The minimum atomic E-state index is -2.33. The molecule has 0 aliphatic heterocycles. The van der Waals surface area contributed by atoms with E-state index >= 15 is 0 Å². The highest BCUT2D eigenvalue weighted by Crippen LogP contribution is 2.34. The second kappa shape index (κ2) is 3.19. The van der Waals surface area contributed by atoms with Crippen LogP contribution in [0, 0.1) is 0 Å². The summed E-state index contributed by atoms with van der Waals surface area (Å²) in [6.07, 6.45) is -0.312. The van der Waals surface area contributed by atoms with Crippen LogP contribution in [0.2, 0.25) is 0 Å². The molecule has 0 amide bonds. The predicted octanol–water partition coefficient (Wildman–Crippen LogP) is 2.09. The summed E-state index contributed by atoms with van der Waals surface area (Å²) >= 11 is 15.3. The zero-order valence-corrected chi connectivity index (χ0v) is 6.81. The molecule has 0 heterocycles. The van der Waals surface area contributed by atoms with E-state index in [-0.39, 0.29) is 6.16 Å². The highest BCUT2D eigenvalue weighted by atomic mass is 35.6. The van der Waals surface area contributed by atoms with E-state index in [1.807, 2.05) is 0 Å². The van der Waals surface area contributed by atoms with E-state index in [1.165, 1.54) is 0 Å². The molecule has 1 unspecified atom stereocenters. The molecule has 1 N–H and O–H groups in total. The van der Waals surface area contributed by atoms with Crippen LogP contribution < -0.4 is 0 Å². The van der Waals surface area contributed by atoms with Gasteiger partial charge in [-0.25, -0.2) is 0 Å². The van der Waals surface area contributed by atoms with Crippen LogP contribution in [0.15, 0.2) is 0 Å². The maximum absolute atomic E-state index is 9.91. The Labute approximate surface area is 62.6 Å². The standard InChI is InChI=1S/C2H2Cl3O2P/c3-2(4,5)1-8(6)7/h1H2/p+1. The van der Waals surface area contributed by atoms with Gasteiger partial charge < -0.3 is 0 Å². The van der Waals surface area contributed by atoms with Crippen molar-refractivity contribution in [3.63, 3.8) is 0 Å². The van der Waals surface area contributed by atoms with Gasteiger partial charge in [-0.15, -0.1) is 0 Å². The second-order valence-electron chi connectivity index (χ2n) is 1.13. The number of alkyl halides is 3. The van der Waals surface area contributed by atoms with Gasteiger partial charge in [0.1, 0.15) is 0 Å². The molecule has 0 saturated heterocycles. The largest absolute Gasteiger partial charge is 0.510 e. The molecule has 0 rings (SSSR count). The molecule has 0 aromatic heterocycles. The van der Waals surface area contributed by atoms with E-state index < -0.39 is 11.8 Å². The summed E-state index contributed by atoms with van der Waals surface area (Å²) in [5.41, 5.74) is 0. The van der Waals surface area contributed by atoms with Crippen LogP contribution in [-0.2, 0) is 4.57 Å². The van der Waals surface area contributed by atoms with Crippen molar-refractivity contribution in [1.29, 1.82) is 0 Å². The van der Waals surface area contributed by atoms with E-state index in [4.69, 9.17) is 39.7 Å². The van der Waals surface area contributed by atoms with Crippen molar-refractivity contribution in [3.8, 4) is 0 Å². The molecule has 6 heteroatoms. The molecular formula is C2H3Cl3O2P+. The lowest BCUT2D eigenvalue weighted by molar-refractivity contribution is 0.503. The summed E-state index contributed by atoms with van der Waals surface area (Å²) in [6.45, 7) is 0. The van der Waals surface area contributed by atoms with Crippen LogP contribution in [0.1, 0.15) is 0 Å². The Hall–Kier alpha value is 0.930. The molecule has 0 fully saturated rings. The third-order valence-electron chi connectivity index (χ3n) is 0.315. The lowest BCUT2D eigenvalue weighted by Crippen LogP contribution is -2.04. The Balaban J connectivity index is 3.55. The Kier molecular flexibility index (Phi) is 3.56. The maximum atomic E-state index is 9.91. The first-order chi connectivity index (χ1) is 3.42. The molecule has 0 aromatic rings. The van der Waals surface area contributed by atoms with Crippen LogP contribution in [0.5, 0.6) is 0 Å². The van der Waals surface area contributed by atoms with E-state index in [9.17, 15) is 4.57 Å². The fourth-order valence-electron chi connectivity index (χ4n) is 0.153. The Bertz CT molecular complexity index is 97.9. The molecule has 2 nitrogen and oxygen atoms in total. The number of hydrogen-bond acceptors (Lipinski definition) is 1. The molecule has 8 heavy (non-hydrogen) atoms. The maximum Gasteiger partial charge on any atom is 0.510 e. The Morgan fingerprint density at radius 3 is 1.88 bits per heavy atom. The van der Waals surface area contributed by atoms with Crippen molar-refractivity contribution >= 4 is 42.8 Å². The van der Waals surface area contributed by atoms with Crippen molar-refractivity contribution in [2.24, 2.45) is 0 Å². The van der Waals surface area contributed by atoms with Gasteiger partial charge in [-0.1, -0.05) is 34.8 Å². The first kappa shape index (κ1) is 8.93. The van der Waals surface area contributed by atoms with Gasteiger partial charge in [0.05, 0.1) is 0 Å². The average molecular weight is 196 g/mol. The highest BCUT2D eigenvalue weighted by Gasteiger charge is 2.31. The van der Waals surface area contributed by atoms with Gasteiger partial charge in [-0.3, -0.25) is 0 Å². The summed E-state index contributed by atoms with van der Waals surface area (Å²) in [7, 11) is -2.33. The molecule has 0 aliphatic carbocycles. The van der Waals surface area contributed by atoms with Gasteiger partial charge in [0.25, 0.3) is 0 Å². The van der Waals surface area contributed by atoms with E-state index in [0.29, 0.717) is 0 Å². The topological polar surface area (TPSA) is 37.3 Å². The minimum absolute atomic E-state index is 0.312. The quantitative estimate of drug-likeness (QED) is 0.515. The van der Waals surface area contributed by atoms with Crippen molar-refractivity contribution in [3.05, 3.63) is 0 Å². The first-order valence-electron chi connectivity index (χ1n) is 1.62. The minimum Gasteiger partial charge on any atom is -0.161 e. The zero-order chi connectivity index (χ0) is 6.78. The van der Waals surface area contributed by atoms with Gasteiger partial charge in [-0.2, -0.15) is 4.89 Å². The van der Waals surface area contributed by atoms with Gasteiger partial charge in [0.2, 0.25) is 9.95 Å². The molecule has 0 aliphatic rings. The van der Waals surface area contributed by atoms with Gasteiger partial charge >= 0.3 is 8.03 Å². The van der Waals surface area contributed by atoms with Crippen molar-refractivity contribution in [1.82, 2.24) is 0 Å². The monoisotopic (exact) mass is 195 g/mol. The average Bonchev–Trinajstić information content (AvgIpc) is 1.21. The third-order valence-corrected chi connectivity index (χ3v) is 2.02. The van der Waals surface area contributed by atoms with Crippen LogP contribution in [0.4, 0.5) is 0 Å². The summed E-state index contributed by atoms with van der Waals surface area (Å²) in [4.78, 5) is 8.14. The molecule has 0 aromatic carbocycles. The predicted molar refractivity (Wildman–Crippen MR) is 35.0 cm³/mol. The first-order valence-corrected chi connectivity index (χ1v) is 4.15. The smallest absolute Gasteiger partial charge is 0.161 e. The molecule has 0 spiro atoms. The zero-order valence-electron chi connectivity index (χ0n) is 3.64. The third kappa shape index (κ3) is 6.93. The molecule has 48 valence electrons. The summed E-state index contributed by atoms with van der Waals surface area (Å²) in [6, 6.07) is 0. The number of rotatable bonds is 1. The molecule has 0 radical (unpaired) electrons. The molecule has 0 bridgehead atoms. The van der Waals surface area contributed by atoms with Crippen LogP contribution in [-0.4, -0.2) is 14.8 Å². The fraction of sp³-hybridized carbons (Fsp3) is 1.00. The summed E-state index contributed by atoms with van der Waals surface area (Å²) in [5, 5.41) is 0. The Morgan fingerprint density at radius 1 is 1.50 bits per heavy atom. The van der Waals surface area contributed by atoms with Crippen LogP contribution >= 0.6 is 42.8 Å². The van der Waals surface area contributed by atoms with E-state index in [0.717, 1.165) is 0 Å². The van der Waals surface area contributed by atoms with Gasteiger partial charge in [0.15, 0.2) is 0 Å². The molecule has 1 atom stereocenters. The van der Waals surface area contributed by atoms with Crippen LogP contribution in [0.25, 0.3) is 0 Å². The normalized spacial score (nSPS) is 13.8. The number of halogens is 3. The SMILES string of the molecule is O=[P+](O)CC(Cl)(Cl)Cl. The summed E-state index contributed by atoms with van der Waals surface area (Å²) < 4.78 is 8.31. The van der Waals surface area contributed by atoms with E-state index in [2.05, 4.69) is 0 Å². The van der Waals surface area contributed by atoms with Crippen molar-refractivity contribution in [2.45, 2.75) is 3.79 Å².